The zero-order chi connectivity index (χ0) is 24.6. The van der Waals surface area contributed by atoms with E-state index in [1.807, 2.05) is 102 Å². The molecule has 3 aromatic carbocycles. The highest BCUT2D eigenvalue weighted by atomic mass is 16.5. The minimum Gasteiger partial charge on any atom is -0.487 e. The van der Waals surface area contributed by atoms with Gasteiger partial charge >= 0.3 is 0 Å². The Morgan fingerprint density at radius 3 is 2.47 bits per heavy atom. The van der Waals surface area contributed by atoms with Crippen molar-refractivity contribution >= 4 is 22.5 Å². The van der Waals surface area contributed by atoms with Crippen molar-refractivity contribution in [2.45, 2.75) is 13.0 Å². The number of pyridine rings is 1. The van der Waals surface area contributed by atoms with Gasteiger partial charge in [-0.2, -0.15) is 0 Å². The molecule has 0 spiro atoms. The molecule has 0 fully saturated rings. The molecule has 0 radical (unpaired) electrons. The number of fused-ring (bicyclic) bond motifs is 2. The lowest BCUT2D eigenvalue weighted by Crippen LogP contribution is -2.36. The summed E-state index contributed by atoms with van der Waals surface area (Å²) in [6, 6.07) is 27.4. The first-order valence-corrected chi connectivity index (χ1v) is 12.0. The topological polar surface area (TPSA) is 56.5 Å². The molecular formula is C30H25N3O3. The Kier molecular flexibility index (Phi) is 5.41. The van der Waals surface area contributed by atoms with E-state index in [0.29, 0.717) is 17.8 Å². The zero-order valence-corrected chi connectivity index (χ0v) is 19.9. The van der Waals surface area contributed by atoms with Crippen LogP contribution in [0.1, 0.15) is 21.5 Å². The number of para-hydroxylation sites is 1. The number of ether oxygens (including phenoxy) is 1. The van der Waals surface area contributed by atoms with Crippen molar-refractivity contribution in [1.82, 2.24) is 9.13 Å². The number of rotatable bonds is 5. The van der Waals surface area contributed by atoms with Crippen LogP contribution in [0.4, 0.5) is 5.69 Å². The summed E-state index contributed by atoms with van der Waals surface area (Å²) in [5, 5.41) is 0.718. The van der Waals surface area contributed by atoms with Gasteiger partial charge in [-0.3, -0.25) is 9.59 Å². The molecule has 178 valence electrons. The predicted octanol–water partition coefficient (Wildman–Crippen LogP) is 5.11. The smallest absolute Gasteiger partial charge is 0.267 e. The number of aromatic nitrogens is 2. The number of hydrogen-bond donors (Lipinski definition) is 0. The number of benzene rings is 3. The summed E-state index contributed by atoms with van der Waals surface area (Å²) in [6.45, 7) is 0.772. The molecule has 0 aliphatic carbocycles. The van der Waals surface area contributed by atoms with Gasteiger partial charge in [-0.05, 0) is 53.9 Å². The van der Waals surface area contributed by atoms with E-state index >= 15 is 0 Å². The molecule has 36 heavy (non-hydrogen) atoms. The Balaban J connectivity index is 1.55. The van der Waals surface area contributed by atoms with Crippen molar-refractivity contribution in [2.24, 2.45) is 7.05 Å². The Morgan fingerprint density at radius 2 is 1.67 bits per heavy atom. The van der Waals surface area contributed by atoms with E-state index in [0.717, 1.165) is 34.3 Å². The number of hydrogen-bond acceptors (Lipinski definition) is 3. The van der Waals surface area contributed by atoms with Gasteiger partial charge in [0.15, 0.2) is 0 Å². The molecule has 6 rings (SSSR count). The fraction of sp³-hybridized carbons (Fsp3) is 0.133. The maximum Gasteiger partial charge on any atom is 0.267 e. The average Bonchev–Trinajstić information content (AvgIpc) is 3.60. The summed E-state index contributed by atoms with van der Waals surface area (Å²) in [6.07, 6.45) is 4.68. The number of aryl methyl sites for hydroxylation is 1. The summed E-state index contributed by atoms with van der Waals surface area (Å²) in [5.74, 6) is -0.0165. The Morgan fingerprint density at radius 1 is 0.917 bits per heavy atom. The van der Waals surface area contributed by atoms with Gasteiger partial charge in [0.2, 0.25) is 0 Å². The summed E-state index contributed by atoms with van der Waals surface area (Å²) in [5.41, 5.74) is 4.22. The molecule has 0 unspecified atom stereocenters. The number of nitrogens with zero attached hydrogens (tertiary/aromatic N) is 3. The van der Waals surface area contributed by atoms with E-state index in [4.69, 9.17) is 4.74 Å². The fourth-order valence-electron chi connectivity index (χ4n) is 4.93. The third-order valence-corrected chi connectivity index (χ3v) is 6.81. The van der Waals surface area contributed by atoms with Crippen molar-refractivity contribution in [3.63, 3.8) is 0 Å². The van der Waals surface area contributed by atoms with Gasteiger partial charge in [-0.15, -0.1) is 0 Å². The second-order valence-corrected chi connectivity index (χ2v) is 8.97. The summed E-state index contributed by atoms with van der Waals surface area (Å²) in [7, 11) is 1.70. The molecule has 1 aliphatic rings. The number of carbonyl (C=O) groups is 1. The van der Waals surface area contributed by atoms with Crippen LogP contribution in [0.25, 0.3) is 16.6 Å². The normalized spacial score (nSPS) is 12.6. The number of anilines is 1. The summed E-state index contributed by atoms with van der Waals surface area (Å²) < 4.78 is 9.87. The number of amides is 1. The summed E-state index contributed by atoms with van der Waals surface area (Å²) >= 11 is 0. The van der Waals surface area contributed by atoms with Crippen LogP contribution in [-0.4, -0.2) is 21.6 Å². The van der Waals surface area contributed by atoms with Crippen LogP contribution in [0.5, 0.6) is 5.75 Å². The van der Waals surface area contributed by atoms with E-state index in [1.165, 1.54) is 0 Å². The second kappa shape index (κ2) is 8.89. The van der Waals surface area contributed by atoms with E-state index in [9.17, 15) is 9.59 Å². The van der Waals surface area contributed by atoms with Crippen LogP contribution >= 0.6 is 0 Å². The Bertz CT molecular complexity index is 1640. The first-order valence-electron chi connectivity index (χ1n) is 12.0. The van der Waals surface area contributed by atoms with E-state index in [2.05, 4.69) is 0 Å². The van der Waals surface area contributed by atoms with Gasteiger partial charge in [-0.25, -0.2) is 0 Å². The second-order valence-electron chi connectivity index (χ2n) is 8.97. The third kappa shape index (κ3) is 3.67. The molecule has 0 N–H and O–H groups in total. The minimum absolute atomic E-state index is 0.0577. The molecule has 0 saturated heterocycles. The lowest BCUT2D eigenvalue weighted by molar-refractivity contribution is 0.0983. The summed E-state index contributed by atoms with van der Waals surface area (Å²) in [4.78, 5) is 29.4. The Hall–Kier alpha value is -4.58. The minimum atomic E-state index is -0.367. The number of carbonyl (C=O) groups excluding carboxylic acids is 1. The quantitative estimate of drug-likeness (QED) is 0.355. The van der Waals surface area contributed by atoms with Gasteiger partial charge in [0.05, 0.1) is 5.52 Å². The fourth-order valence-corrected chi connectivity index (χ4v) is 4.93. The highest BCUT2D eigenvalue weighted by Crippen LogP contribution is 2.34. The molecule has 1 amide bonds. The zero-order valence-electron chi connectivity index (χ0n) is 19.9. The van der Waals surface area contributed by atoms with Crippen LogP contribution < -0.4 is 15.2 Å². The highest BCUT2D eigenvalue weighted by molar-refractivity contribution is 6.11. The van der Waals surface area contributed by atoms with Gasteiger partial charge in [0.25, 0.3) is 11.5 Å². The van der Waals surface area contributed by atoms with E-state index in [1.54, 1.807) is 16.5 Å². The first-order chi connectivity index (χ1) is 17.6. The molecular weight excluding hydrogens is 450 g/mol. The van der Waals surface area contributed by atoms with Crippen LogP contribution in [0, 0.1) is 0 Å². The molecule has 1 aliphatic heterocycles. The average molecular weight is 476 g/mol. The lowest BCUT2D eigenvalue weighted by atomic mass is 10.1. The van der Waals surface area contributed by atoms with Gasteiger partial charge < -0.3 is 18.8 Å². The Labute approximate surface area is 208 Å². The largest absolute Gasteiger partial charge is 0.487 e. The van der Waals surface area contributed by atoms with Crippen LogP contribution in [0.15, 0.2) is 102 Å². The lowest BCUT2D eigenvalue weighted by Gasteiger charge is -2.21. The SMILES string of the molecule is Cn1c(=O)c(C(=O)N2CCc3ccccc32)c(OCc2ccccc2)c2cc(-n3cccc3)ccc21. The van der Waals surface area contributed by atoms with Crippen molar-refractivity contribution in [2.75, 3.05) is 11.4 Å². The standard InChI is InChI=1S/C30H25N3O3/c1-31-26-14-13-23(32-16-7-8-17-32)19-24(26)28(36-20-21-9-3-2-4-10-21)27(29(31)34)30(35)33-18-15-22-11-5-6-12-25(22)33/h2-14,16-17,19H,15,18,20H2,1H3. The first kappa shape index (κ1) is 21.9. The van der Waals surface area contributed by atoms with Crippen molar-refractivity contribution < 1.29 is 9.53 Å². The maximum atomic E-state index is 14.0. The highest BCUT2D eigenvalue weighted by Gasteiger charge is 2.31. The van der Waals surface area contributed by atoms with Crippen molar-refractivity contribution in [1.29, 1.82) is 0 Å². The molecule has 0 atom stereocenters. The third-order valence-electron chi connectivity index (χ3n) is 6.81. The van der Waals surface area contributed by atoms with Gasteiger partial charge in [0, 0.05) is 42.7 Å². The van der Waals surface area contributed by atoms with Crippen LogP contribution in [-0.2, 0) is 20.1 Å². The van der Waals surface area contributed by atoms with Crippen molar-refractivity contribution in [3.8, 4) is 11.4 Å². The monoisotopic (exact) mass is 475 g/mol. The van der Waals surface area contributed by atoms with Gasteiger partial charge in [0.1, 0.15) is 17.9 Å². The molecule has 0 saturated carbocycles. The molecule has 5 aromatic rings. The molecule has 0 bridgehead atoms. The van der Waals surface area contributed by atoms with Crippen LogP contribution in [0.2, 0.25) is 0 Å². The van der Waals surface area contributed by atoms with Crippen molar-refractivity contribution in [3.05, 3.63) is 124 Å². The molecule has 6 nitrogen and oxygen atoms in total. The molecule has 6 heteroatoms. The van der Waals surface area contributed by atoms with E-state index in [-0.39, 0.29) is 23.6 Å². The maximum absolute atomic E-state index is 14.0. The van der Waals surface area contributed by atoms with E-state index < -0.39 is 0 Å². The van der Waals surface area contributed by atoms with Gasteiger partial charge in [-0.1, -0.05) is 48.5 Å². The van der Waals surface area contributed by atoms with Crippen LogP contribution in [0.3, 0.4) is 0 Å². The molecule has 2 aromatic heterocycles. The predicted molar refractivity (Wildman–Crippen MR) is 141 cm³/mol. The molecule has 3 heterocycles.